The van der Waals surface area contributed by atoms with E-state index in [1.807, 2.05) is 0 Å². The first-order chi connectivity index (χ1) is 13.5. The van der Waals surface area contributed by atoms with E-state index in [9.17, 15) is 19.5 Å². The van der Waals surface area contributed by atoms with Gasteiger partial charge in [-0.3, -0.25) is 9.59 Å². The van der Waals surface area contributed by atoms with Crippen LogP contribution in [0, 0.1) is 0 Å². The molecule has 1 aromatic carbocycles. The highest BCUT2D eigenvalue weighted by Crippen LogP contribution is 2.22. The molecule has 0 saturated carbocycles. The maximum Gasteiger partial charge on any atom is 0.336 e. The van der Waals surface area contributed by atoms with Gasteiger partial charge in [0.15, 0.2) is 0 Å². The molecule has 0 bridgehead atoms. The zero-order chi connectivity index (χ0) is 20.1. The molecule has 9 heteroatoms. The van der Waals surface area contributed by atoms with Crippen LogP contribution in [0.2, 0.25) is 0 Å². The highest BCUT2D eigenvalue weighted by Gasteiger charge is 2.26. The van der Waals surface area contributed by atoms with Gasteiger partial charge in [-0.15, -0.1) is 0 Å². The molecule has 150 valence electrons. The maximum atomic E-state index is 12.5. The lowest BCUT2D eigenvalue weighted by atomic mass is 10.1. The van der Waals surface area contributed by atoms with Gasteiger partial charge in [0, 0.05) is 30.6 Å². The zero-order valence-corrected chi connectivity index (χ0v) is 15.5. The van der Waals surface area contributed by atoms with E-state index in [1.54, 1.807) is 23.1 Å². The highest BCUT2D eigenvalue weighted by atomic mass is 16.5. The SMILES string of the molecule is COc1ccc2c(CC(=O)NC(CO)C(=O)N3CCOCC3)cc(=O)oc2c1. The molecule has 3 rings (SSSR count). The Hall–Kier alpha value is -2.91. The van der Waals surface area contributed by atoms with Crippen LogP contribution < -0.4 is 15.7 Å². The number of nitrogens with one attached hydrogen (secondary N) is 1. The summed E-state index contributed by atoms with van der Waals surface area (Å²) < 4.78 is 15.5. The van der Waals surface area contributed by atoms with Gasteiger partial charge in [-0.1, -0.05) is 0 Å². The smallest absolute Gasteiger partial charge is 0.336 e. The van der Waals surface area contributed by atoms with E-state index in [-0.39, 0.29) is 12.3 Å². The number of aliphatic hydroxyl groups excluding tert-OH is 1. The van der Waals surface area contributed by atoms with E-state index < -0.39 is 24.2 Å². The predicted molar refractivity (Wildman–Crippen MR) is 99.2 cm³/mol. The monoisotopic (exact) mass is 390 g/mol. The second-order valence-electron chi connectivity index (χ2n) is 6.37. The third kappa shape index (κ3) is 4.49. The summed E-state index contributed by atoms with van der Waals surface area (Å²) in [6, 6.07) is 5.16. The van der Waals surface area contributed by atoms with Crippen molar-refractivity contribution >= 4 is 22.8 Å². The van der Waals surface area contributed by atoms with Crippen molar-refractivity contribution in [1.29, 1.82) is 0 Å². The molecule has 2 heterocycles. The number of hydrogen-bond acceptors (Lipinski definition) is 7. The van der Waals surface area contributed by atoms with Crippen LogP contribution in [-0.4, -0.2) is 67.9 Å². The number of amides is 2. The second kappa shape index (κ2) is 8.85. The number of morpholine rings is 1. The van der Waals surface area contributed by atoms with Crippen molar-refractivity contribution in [3.05, 3.63) is 40.2 Å². The van der Waals surface area contributed by atoms with E-state index in [0.29, 0.717) is 48.6 Å². The molecule has 2 aromatic rings. The number of carbonyl (C=O) groups excluding carboxylic acids is 2. The maximum absolute atomic E-state index is 12.5. The Morgan fingerprint density at radius 3 is 2.71 bits per heavy atom. The number of rotatable bonds is 6. The summed E-state index contributed by atoms with van der Waals surface area (Å²) in [4.78, 5) is 38.3. The van der Waals surface area contributed by atoms with Gasteiger partial charge >= 0.3 is 5.63 Å². The minimum absolute atomic E-state index is 0.138. The zero-order valence-electron chi connectivity index (χ0n) is 15.5. The Morgan fingerprint density at radius 2 is 2.04 bits per heavy atom. The van der Waals surface area contributed by atoms with Gasteiger partial charge in [0.25, 0.3) is 0 Å². The lowest BCUT2D eigenvalue weighted by molar-refractivity contribution is -0.140. The molecule has 28 heavy (non-hydrogen) atoms. The topological polar surface area (TPSA) is 118 Å². The number of carbonyl (C=O) groups is 2. The lowest BCUT2D eigenvalue weighted by Crippen LogP contribution is -2.53. The van der Waals surface area contributed by atoms with Crippen molar-refractivity contribution in [2.75, 3.05) is 40.0 Å². The van der Waals surface area contributed by atoms with Gasteiger partial charge in [0.05, 0.1) is 33.4 Å². The second-order valence-corrected chi connectivity index (χ2v) is 6.37. The van der Waals surface area contributed by atoms with Crippen molar-refractivity contribution in [2.45, 2.75) is 12.5 Å². The third-order valence-electron chi connectivity index (χ3n) is 4.53. The molecule has 0 radical (unpaired) electrons. The molecule has 1 unspecified atom stereocenters. The minimum Gasteiger partial charge on any atom is -0.497 e. The number of ether oxygens (including phenoxy) is 2. The Balaban J connectivity index is 1.74. The number of methoxy groups -OCH3 is 1. The molecule has 2 amide bonds. The van der Waals surface area contributed by atoms with Crippen LogP contribution in [0.15, 0.2) is 33.5 Å². The van der Waals surface area contributed by atoms with Gasteiger partial charge in [-0.2, -0.15) is 0 Å². The number of benzene rings is 1. The summed E-state index contributed by atoms with van der Waals surface area (Å²) in [6.45, 7) is 1.16. The lowest BCUT2D eigenvalue weighted by Gasteiger charge is -2.30. The van der Waals surface area contributed by atoms with Crippen molar-refractivity contribution in [1.82, 2.24) is 10.2 Å². The molecule has 1 aliphatic rings. The summed E-state index contributed by atoms with van der Waals surface area (Å²) in [7, 11) is 1.50. The number of aliphatic hydroxyl groups is 1. The molecule has 1 fully saturated rings. The fourth-order valence-electron chi connectivity index (χ4n) is 3.09. The normalized spacial score (nSPS) is 15.3. The van der Waals surface area contributed by atoms with Gasteiger partial charge < -0.3 is 29.2 Å². The standard InChI is InChI=1S/C19H22N2O7/c1-26-13-2-3-14-12(9-18(24)28-16(14)10-13)8-17(23)20-15(11-22)19(25)21-4-6-27-7-5-21/h2-3,9-10,15,22H,4-8,11H2,1H3,(H,20,23). The Labute approximate surface area is 160 Å². The van der Waals surface area contributed by atoms with E-state index in [4.69, 9.17) is 13.9 Å². The molecule has 0 spiro atoms. The van der Waals surface area contributed by atoms with Crippen LogP contribution in [0.3, 0.4) is 0 Å². The third-order valence-corrected chi connectivity index (χ3v) is 4.53. The number of nitrogens with zero attached hydrogens (tertiary/aromatic N) is 1. The first-order valence-electron chi connectivity index (χ1n) is 8.89. The molecule has 1 aromatic heterocycles. The fourth-order valence-corrected chi connectivity index (χ4v) is 3.09. The largest absolute Gasteiger partial charge is 0.497 e. The van der Waals surface area contributed by atoms with Gasteiger partial charge in [0.1, 0.15) is 17.4 Å². The van der Waals surface area contributed by atoms with Gasteiger partial charge in [0.2, 0.25) is 11.8 Å². The summed E-state index contributed by atoms with van der Waals surface area (Å²) in [6.07, 6.45) is -0.138. The molecule has 1 atom stereocenters. The quantitative estimate of drug-likeness (QED) is 0.649. The number of hydrogen-bond donors (Lipinski definition) is 2. The van der Waals surface area contributed by atoms with Crippen LogP contribution >= 0.6 is 0 Å². The molecular weight excluding hydrogens is 368 g/mol. The predicted octanol–water partition coefficient (Wildman–Crippen LogP) is -0.320. The van der Waals surface area contributed by atoms with Crippen LogP contribution in [-0.2, 0) is 20.7 Å². The molecule has 1 aliphatic heterocycles. The Kier molecular flexibility index (Phi) is 6.27. The summed E-state index contributed by atoms with van der Waals surface area (Å²) >= 11 is 0. The fraction of sp³-hybridized carbons (Fsp3) is 0.421. The molecular formula is C19H22N2O7. The summed E-state index contributed by atoms with van der Waals surface area (Å²) in [5.41, 5.74) is 0.173. The molecule has 2 N–H and O–H groups in total. The van der Waals surface area contributed by atoms with Crippen molar-refractivity contribution < 1.29 is 28.6 Å². The molecule has 0 aliphatic carbocycles. The highest BCUT2D eigenvalue weighted by molar-refractivity contribution is 5.91. The van der Waals surface area contributed by atoms with Crippen LogP contribution in [0.5, 0.6) is 5.75 Å². The van der Waals surface area contributed by atoms with Gasteiger partial charge in [-0.05, 0) is 17.7 Å². The van der Waals surface area contributed by atoms with Crippen molar-refractivity contribution in [3.8, 4) is 5.75 Å². The summed E-state index contributed by atoms with van der Waals surface area (Å²) in [5, 5.41) is 12.7. The van der Waals surface area contributed by atoms with Crippen LogP contribution in [0.25, 0.3) is 11.0 Å². The van der Waals surface area contributed by atoms with Crippen molar-refractivity contribution in [2.24, 2.45) is 0 Å². The van der Waals surface area contributed by atoms with E-state index in [0.717, 1.165) is 0 Å². The molecule has 1 saturated heterocycles. The first-order valence-corrected chi connectivity index (χ1v) is 8.89. The van der Waals surface area contributed by atoms with E-state index in [1.165, 1.54) is 13.2 Å². The number of fused-ring (bicyclic) bond motifs is 1. The average molecular weight is 390 g/mol. The average Bonchev–Trinajstić information content (AvgIpc) is 2.71. The summed E-state index contributed by atoms with van der Waals surface area (Å²) in [5.74, 6) is -0.321. The first kappa shape index (κ1) is 19.8. The minimum atomic E-state index is -1.04. The van der Waals surface area contributed by atoms with Gasteiger partial charge in [-0.25, -0.2) is 4.79 Å². The Bertz CT molecular complexity index is 918. The van der Waals surface area contributed by atoms with E-state index in [2.05, 4.69) is 5.32 Å². The molecule has 9 nitrogen and oxygen atoms in total. The van der Waals surface area contributed by atoms with Crippen LogP contribution in [0.1, 0.15) is 5.56 Å². The van der Waals surface area contributed by atoms with Crippen molar-refractivity contribution in [3.63, 3.8) is 0 Å². The van der Waals surface area contributed by atoms with Crippen LogP contribution in [0.4, 0.5) is 0 Å². The Morgan fingerprint density at radius 1 is 1.29 bits per heavy atom. The van der Waals surface area contributed by atoms with E-state index >= 15 is 0 Å².